The molecule has 0 aliphatic carbocycles. The van der Waals surface area contributed by atoms with Crippen LogP contribution < -0.4 is 16.4 Å². The number of nitrogen functional groups attached to an aromatic ring is 1. The molecule has 0 atom stereocenters. The molecule has 4 N–H and O–H groups in total. The lowest BCUT2D eigenvalue weighted by Crippen LogP contribution is -2.30. The first-order valence-corrected chi connectivity index (χ1v) is 11.6. The van der Waals surface area contributed by atoms with Crippen LogP contribution in [0.2, 0.25) is 0 Å². The van der Waals surface area contributed by atoms with Gasteiger partial charge in [0.25, 0.3) is 6.20 Å². The molecule has 26 heavy (non-hydrogen) atoms. The van der Waals surface area contributed by atoms with Crippen LogP contribution in [0, 0.1) is 10.1 Å². The molecule has 0 radical (unpaired) electrons. The minimum absolute atomic E-state index is 0.421. The van der Waals surface area contributed by atoms with E-state index in [0.717, 1.165) is 39.9 Å². The predicted octanol–water partition coefficient (Wildman–Crippen LogP) is 2.00. The van der Waals surface area contributed by atoms with E-state index < -0.39 is 4.92 Å². The lowest BCUT2D eigenvalue weighted by Gasteiger charge is -2.10. The average Bonchev–Trinajstić information content (AvgIpc) is 3.25. The molecule has 9 nitrogen and oxygen atoms in total. The van der Waals surface area contributed by atoms with Gasteiger partial charge in [0.2, 0.25) is 5.13 Å². The van der Waals surface area contributed by atoms with Crippen molar-refractivity contribution in [3.63, 3.8) is 0 Å². The molecule has 2 aromatic heterocycles. The summed E-state index contributed by atoms with van der Waals surface area (Å²) in [6.07, 6.45) is 0.960. The van der Waals surface area contributed by atoms with Crippen LogP contribution in [-0.4, -0.2) is 44.1 Å². The maximum atomic E-state index is 10.7. The first-order chi connectivity index (χ1) is 12.6. The standard InChI is InChI=1S/C13H19N7O2S4/c14-13-18-17-12(26-13)9-24-6-3-16-11(7-20(21)22)15-2-5-23-8-10-1-4-25-19-10/h1,4,7,15-16H,2-3,5-6,8-9H2,(H2,14,18). The molecule has 0 aliphatic rings. The normalized spacial score (nSPS) is 11.5. The zero-order valence-corrected chi connectivity index (χ0v) is 17.1. The van der Waals surface area contributed by atoms with Gasteiger partial charge in [-0.25, -0.2) is 0 Å². The lowest BCUT2D eigenvalue weighted by atomic mass is 10.5. The van der Waals surface area contributed by atoms with Crippen LogP contribution in [0.25, 0.3) is 0 Å². The number of hydrogen-bond acceptors (Lipinski definition) is 12. The van der Waals surface area contributed by atoms with Gasteiger partial charge in [-0.2, -0.15) is 27.9 Å². The zero-order chi connectivity index (χ0) is 18.6. The van der Waals surface area contributed by atoms with Gasteiger partial charge in [0.05, 0.1) is 10.6 Å². The summed E-state index contributed by atoms with van der Waals surface area (Å²) in [6, 6.07) is 2.00. The highest BCUT2D eigenvalue weighted by Gasteiger charge is 2.04. The third kappa shape index (κ3) is 8.69. The fourth-order valence-corrected chi connectivity index (χ4v) is 4.64. The summed E-state index contributed by atoms with van der Waals surface area (Å²) in [5, 5.41) is 27.9. The van der Waals surface area contributed by atoms with Crippen molar-refractivity contribution in [3.05, 3.63) is 44.3 Å². The predicted molar refractivity (Wildman–Crippen MR) is 110 cm³/mol. The Hall–Kier alpha value is -1.57. The smallest absolute Gasteiger partial charge is 0.274 e. The summed E-state index contributed by atoms with van der Waals surface area (Å²) >= 11 is 6.21. The largest absolute Gasteiger partial charge is 0.374 e. The highest BCUT2D eigenvalue weighted by atomic mass is 32.2. The number of anilines is 1. The molecule has 0 unspecified atom stereocenters. The average molecular weight is 434 g/mol. The molecule has 13 heteroatoms. The molecule has 0 bridgehead atoms. The van der Waals surface area contributed by atoms with Gasteiger partial charge in [-0.15, -0.1) is 10.2 Å². The molecular weight excluding hydrogens is 414 g/mol. The fraction of sp³-hybridized carbons (Fsp3) is 0.462. The Morgan fingerprint density at radius 3 is 2.58 bits per heavy atom. The minimum atomic E-state index is -0.463. The monoisotopic (exact) mass is 433 g/mol. The summed E-state index contributed by atoms with van der Waals surface area (Å²) in [4.78, 5) is 10.3. The number of nitro groups is 1. The molecule has 0 saturated carbocycles. The van der Waals surface area contributed by atoms with Crippen molar-refractivity contribution in [2.75, 3.05) is 30.3 Å². The number of nitrogens with one attached hydrogen (secondary N) is 2. The molecule has 2 rings (SSSR count). The Bertz CT molecular complexity index is 692. The fourth-order valence-electron chi connectivity index (χ4n) is 1.75. The van der Waals surface area contributed by atoms with E-state index in [1.807, 2.05) is 11.4 Å². The van der Waals surface area contributed by atoms with E-state index in [1.165, 1.54) is 22.9 Å². The van der Waals surface area contributed by atoms with Gasteiger partial charge < -0.3 is 16.4 Å². The van der Waals surface area contributed by atoms with Crippen LogP contribution in [0.15, 0.2) is 23.5 Å². The van der Waals surface area contributed by atoms with E-state index in [0.29, 0.717) is 24.0 Å². The number of aromatic nitrogens is 3. The molecule has 0 spiro atoms. The molecule has 0 aliphatic heterocycles. The minimum Gasteiger partial charge on any atom is -0.374 e. The highest BCUT2D eigenvalue weighted by Crippen LogP contribution is 2.17. The van der Waals surface area contributed by atoms with Gasteiger partial charge in [0.15, 0.2) is 5.82 Å². The molecule has 2 aromatic rings. The van der Waals surface area contributed by atoms with Crippen LogP contribution in [0.3, 0.4) is 0 Å². The zero-order valence-electron chi connectivity index (χ0n) is 13.8. The van der Waals surface area contributed by atoms with Crippen LogP contribution in [0.5, 0.6) is 0 Å². The molecule has 142 valence electrons. The van der Waals surface area contributed by atoms with Crippen molar-refractivity contribution in [2.45, 2.75) is 11.5 Å². The SMILES string of the molecule is Nc1nnc(CSCCNC(=C[N+](=O)[O-])NCCSCc2ccsn2)s1. The summed E-state index contributed by atoms with van der Waals surface area (Å²) in [5.41, 5.74) is 6.59. The van der Waals surface area contributed by atoms with E-state index >= 15 is 0 Å². The molecule has 0 saturated heterocycles. The Morgan fingerprint density at radius 1 is 1.27 bits per heavy atom. The first kappa shape index (κ1) is 20.7. The van der Waals surface area contributed by atoms with Crippen molar-refractivity contribution in [1.29, 1.82) is 0 Å². The van der Waals surface area contributed by atoms with E-state index in [1.54, 1.807) is 23.5 Å². The van der Waals surface area contributed by atoms with Gasteiger partial charge >= 0.3 is 0 Å². The van der Waals surface area contributed by atoms with Gasteiger partial charge in [-0.3, -0.25) is 10.1 Å². The second-order valence-corrected chi connectivity index (χ2v) is 8.78. The second-order valence-electron chi connectivity index (χ2n) is 4.81. The third-order valence-electron chi connectivity index (χ3n) is 2.81. The highest BCUT2D eigenvalue weighted by molar-refractivity contribution is 7.98. The summed E-state index contributed by atoms with van der Waals surface area (Å²) in [6.45, 7) is 1.25. The summed E-state index contributed by atoms with van der Waals surface area (Å²) in [7, 11) is 0. The van der Waals surface area contributed by atoms with Crippen molar-refractivity contribution in [3.8, 4) is 0 Å². The molecule has 0 fully saturated rings. The Kier molecular flexibility index (Phi) is 9.52. The quantitative estimate of drug-likeness (QED) is 0.245. The number of thioether (sulfide) groups is 2. The van der Waals surface area contributed by atoms with Gasteiger partial charge in [0.1, 0.15) is 5.01 Å². The van der Waals surface area contributed by atoms with E-state index in [4.69, 9.17) is 5.73 Å². The molecule has 0 amide bonds. The van der Waals surface area contributed by atoms with E-state index in [2.05, 4.69) is 25.2 Å². The Morgan fingerprint density at radius 2 is 2.00 bits per heavy atom. The number of rotatable bonds is 13. The maximum absolute atomic E-state index is 10.7. The Balaban J connectivity index is 1.59. The number of nitrogens with zero attached hydrogens (tertiary/aromatic N) is 4. The van der Waals surface area contributed by atoms with Crippen molar-refractivity contribution in [2.24, 2.45) is 0 Å². The van der Waals surface area contributed by atoms with E-state index in [9.17, 15) is 10.1 Å². The lowest BCUT2D eigenvalue weighted by molar-refractivity contribution is -0.404. The van der Waals surface area contributed by atoms with Gasteiger partial charge in [0, 0.05) is 41.5 Å². The van der Waals surface area contributed by atoms with Crippen molar-refractivity contribution in [1.82, 2.24) is 25.2 Å². The van der Waals surface area contributed by atoms with Crippen molar-refractivity contribution < 1.29 is 4.92 Å². The Labute approximate surface area is 167 Å². The van der Waals surface area contributed by atoms with Crippen molar-refractivity contribution >= 4 is 51.5 Å². The van der Waals surface area contributed by atoms with E-state index in [-0.39, 0.29) is 0 Å². The second kappa shape index (κ2) is 11.9. The topological polar surface area (TPSA) is 132 Å². The van der Waals surface area contributed by atoms with Crippen LogP contribution in [0.1, 0.15) is 10.7 Å². The van der Waals surface area contributed by atoms with Gasteiger partial charge in [-0.1, -0.05) is 11.3 Å². The molecular formula is C13H19N7O2S4. The first-order valence-electron chi connectivity index (χ1n) is 7.59. The maximum Gasteiger partial charge on any atom is 0.274 e. The van der Waals surface area contributed by atoms with Gasteiger partial charge in [-0.05, 0) is 17.6 Å². The van der Waals surface area contributed by atoms with Crippen LogP contribution in [-0.2, 0) is 11.5 Å². The number of hydrogen-bond donors (Lipinski definition) is 3. The number of nitrogens with two attached hydrogens (primary N) is 1. The molecule has 2 heterocycles. The van der Waals surface area contributed by atoms with Crippen LogP contribution >= 0.6 is 46.4 Å². The van der Waals surface area contributed by atoms with Crippen LogP contribution in [0.4, 0.5) is 5.13 Å². The summed E-state index contributed by atoms with van der Waals surface area (Å²) in [5.74, 6) is 3.62. The molecule has 0 aromatic carbocycles. The summed E-state index contributed by atoms with van der Waals surface area (Å²) < 4.78 is 4.24. The third-order valence-corrected chi connectivity index (χ3v) is 6.30.